The molecule has 2 heterocycles. The zero-order valence-electron chi connectivity index (χ0n) is 44.7. The molecule has 6 heteroatoms. The van der Waals surface area contributed by atoms with Gasteiger partial charge >= 0.3 is 0 Å². The van der Waals surface area contributed by atoms with Crippen molar-refractivity contribution in [2.45, 2.75) is 177 Å². The van der Waals surface area contributed by atoms with Gasteiger partial charge in [-0.3, -0.25) is 0 Å². The molecule has 0 aliphatic heterocycles. The van der Waals surface area contributed by atoms with Crippen molar-refractivity contribution in [3.8, 4) is 20.9 Å². The Kier molecular flexibility index (Phi) is 21.4. The summed E-state index contributed by atoms with van der Waals surface area (Å²) in [6.45, 7) is 9.19. The van der Waals surface area contributed by atoms with Crippen molar-refractivity contribution in [1.82, 2.24) is 0 Å². The van der Waals surface area contributed by atoms with Crippen LogP contribution in [0.15, 0.2) is 150 Å². The second-order valence-corrected chi connectivity index (χ2v) is 27.0. The van der Waals surface area contributed by atoms with Gasteiger partial charge in [-0.1, -0.05) is 201 Å². The molecule has 0 saturated heterocycles. The molecule has 0 spiro atoms. The Labute approximate surface area is 471 Å². The molecule has 0 unspecified atom stereocenters. The van der Waals surface area contributed by atoms with Crippen molar-refractivity contribution in [1.29, 1.82) is 0 Å². The molecule has 2 aliphatic rings. The van der Waals surface area contributed by atoms with E-state index in [1.54, 1.807) is 0 Å². The molecular formula is C68H78S6. The van der Waals surface area contributed by atoms with Gasteiger partial charge in [0.1, 0.15) is 0 Å². The predicted octanol–water partition coefficient (Wildman–Crippen LogP) is 23.1. The highest BCUT2D eigenvalue weighted by molar-refractivity contribution is 8.22. The number of hydrogen-bond acceptors (Lipinski definition) is 6. The Morgan fingerprint density at radius 1 is 0.324 bits per heavy atom. The van der Waals surface area contributed by atoms with Crippen LogP contribution in [0.25, 0.3) is 32.0 Å². The van der Waals surface area contributed by atoms with Crippen LogP contribution in [0.3, 0.4) is 0 Å². The lowest BCUT2D eigenvalue weighted by atomic mass is 9.98. The number of benzene rings is 5. The molecule has 2 aromatic heterocycles. The molecule has 74 heavy (non-hydrogen) atoms. The Morgan fingerprint density at radius 3 is 1.00 bits per heavy atom. The monoisotopic (exact) mass is 1090 g/mol. The highest BCUT2D eigenvalue weighted by atomic mass is 32.2. The van der Waals surface area contributed by atoms with Crippen LogP contribution in [0.2, 0.25) is 0 Å². The summed E-state index contributed by atoms with van der Waals surface area (Å²) >= 11 is 11.8. The smallest absolute Gasteiger partial charge is 0.0583 e. The van der Waals surface area contributed by atoms with E-state index in [9.17, 15) is 0 Å². The van der Waals surface area contributed by atoms with Crippen LogP contribution in [0.4, 0.5) is 0 Å². The van der Waals surface area contributed by atoms with Gasteiger partial charge < -0.3 is 0 Å². The quantitative estimate of drug-likeness (QED) is 0.0325. The Hall–Kier alpha value is -3.62. The largest absolute Gasteiger partial charge is 0.143 e. The van der Waals surface area contributed by atoms with Crippen molar-refractivity contribution in [3.63, 3.8) is 0 Å². The SMILES string of the molecule is CCCCCCc1ccc(CSC(SCc2ccc(CCCCCC)cc2)=C2c3cc4c(cc3-c3sccc32)C(=C(Sc2ccc(CCCCCC)cc2)Sc2ccc(CCCCCC)cc2)c2ccsc2-4)cc1. The number of aryl methyl sites for hydroxylation is 4. The van der Waals surface area contributed by atoms with E-state index >= 15 is 0 Å². The topological polar surface area (TPSA) is 0 Å². The van der Waals surface area contributed by atoms with Gasteiger partial charge in [0.15, 0.2) is 0 Å². The van der Waals surface area contributed by atoms with E-state index in [-0.39, 0.29) is 0 Å². The van der Waals surface area contributed by atoms with Crippen molar-refractivity contribution in [2.75, 3.05) is 0 Å². The minimum absolute atomic E-state index is 0.956. The summed E-state index contributed by atoms with van der Waals surface area (Å²) < 4.78 is 2.80. The molecule has 0 nitrogen and oxygen atoms in total. The molecule has 2 aliphatic carbocycles. The first-order valence-electron chi connectivity index (χ1n) is 28.3. The maximum Gasteiger partial charge on any atom is 0.0583 e. The van der Waals surface area contributed by atoms with E-state index < -0.39 is 0 Å². The Balaban J connectivity index is 1.07. The van der Waals surface area contributed by atoms with Crippen molar-refractivity contribution in [3.05, 3.63) is 196 Å². The van der Waals surface area contributed by atoms with Crippen LogP contribution in [-0.4, -0.2) is 0 Å². The fourth-order valence-corrected chi connectivity index (χ4v) is 17.1. The van der Waals surface area contributed by atoms with Crippen LogP contribution in [-0.2, 0) is 37.2 Å². The number of unbranched alkanes of at least 4 members (excludes halogenated alkanes) is 12. The molecule has 0 radical (unpaired) electrons. The number of thiophene rings is 2. The minimum atomic E-state index is 0.956. The van der Waals surface area contributed by atoms with Crippen LogP contribution in [0.1, 0.15) is 186 Å². The number of fused-ring (bicyclic) bond motifs is 6. The maximum absolute atomic E-state index is 2.60. The van der Waals surface area contributed by atoms with E-state index in [1.165, 1.54) is 222 Å². The average molecular weight is 1090 g/mol. The van der Waals surface area contributed by atoms with Gasteiger partial charge in [-0.05, 0) is 155 Å². The first-order chi connectivity index (χ1) is 36.5. The van der Waals surface area contributed by atoms with Crippen LogP contribution in [0.5, 0.6) is 0 Å². The first kappa shape index (κ1) is 55.1. The summed E-state index contributed by atoms with van der Waals surface area (Å²) in [7, 11) is 0. The molecule has 0 fully saturated rings. The van der Waals surface area contributed by atoms with Crippen LogP contribution < -0.4 is 0 Å². The second-order valence-electron chi connectivity index (χ2n) is 20.5. The first-order valence-corrected chi connectivity index (χ1v) is 33.7. The highest BCUT2D eigenvalue weighted by Crippen LogP contribution is 2.60. The van der Waals surface area contributed by atoms with Crippen molar-refractivity contribution < 1.29 is 0 Å². The third-order valence-electron chi connectivity index (χ3n) is 14.8. The predicted molar refractivity (Wildman–Crippen MR) is 337 cm³/mol. The molecule has 5 aromatic carbocycles. The fraction of sp³-hybridized carbons (Fsp3) is 0.382. The summed E-state index contributed by atoms with van der Waals surface area (Å²) in [6, 6.07) is 48.2. The van der Waals surface area contributed by atoms with Crippen LogP contribution >= 0.6 is 69.7 Å². The summed E-state index contributed by atoms with van der Waals surface area (Å²) in [6.07, 6.45) is 25.5. The zero-order chi connectivity index (χ0) is 50.9. The zero-order valence-corrected chi connectivity index (χ0v) is 49.6. The lowest BCUT2D eigenvalue weighted by Gasteiger charge is -2.16. The van der Waals surface area contributed by atoms with E-state index in [2.05, 4.69) is 160 Å². The van der Waals surface area contributed by atoms with Crippen LogP contribution in [0, 0.1) is 0 Å². The number of thioether (sulfide) groups is 4. The molecular weight excluding hydrogens is 1010 g/mol. The molecule has 7 aromatic rings. The van der Waals surface area contributed by atoms with Crippen molar-refractivity contribution in [2.24, 2.45) is 0 Å². The summed E-state index contributed by atoms with van der Waals surface area (Å²) in [5.74, 6) is 1.91. The van der Waals surface area contributed by atoms with Gasteiger partial charge in [0.2, 0.25) is 0 Å². The Morgan fingerprint density at radius 2 is 0.649 bits per heavy atom. The molecule has 0 bridgehead atoms. The molecule has 386 valence electrons. The minimum Gasteiger partial charge on any atom is -0.143 e. The Bertz CT molecular complexity index is 2790. The number of hydrogen-bond donors (Lipinski definition) is 0. The van der Waals surface area contributed by atoms with E-state index in [4.69, 9.17) is 0 Å². The van der Waals surface area contributed by atoms with Gasteiger partial charge in [-0.2, -0.15) is 0 Å². The highest BCUT2D eigenvalue weighted by Gasteiger charge is 2.35. The standard InChI is InChI=1S/C68H78S6/c1-5-9-13-17-21-49-25-29-53(30-26-49)47-71-67(72-48-54-31-27-50(28-32-54)22-18-14-10-6-2)63-57-41-43-69-65(57)61-46-60-62(45-59(61)63)66-58(42-44-70-66)64(60)68(73-55-37-33-51(34-38-55)23-19-15-11-7-3)74-56-39-35-52(36-40-56)24-20-16-12-8-4/h25-46H,5-24,47-48H2,1-4H3. The number of rotatable bonds is 30. The molecule has 0 atom stereocenters. The molecule has 0 saturated carbocycles. The normalized spacial score (nSPS) is 12.3. The maximum atomic E-state index is 2.60. The molecule has 0 amide bonds. The van der Waals surface area contributed by atoms with Gasteiger partial charge in [0.05, 0.1) is 4.24 Å². The molecule has 9 rings (SSSR count). The summed E-state index contributed by atoms with van der Waals surface area (Å²) in [5.41, 5.74) is 19.8. The lowest BCUT2D eigenvalue weighted by Crippen LogP contribution is -1.92. The van der Waals surface area contributed by atoms with E-state index in [1.807, 2.05) is 69.7 Å². The third kappa shape index (κ3) is 14.5. The fourth-order valence-electron chi connectivity index (χ4n) is 10.4. The van der Waals surface area contributed by atoms with Gasteiger partial charge in [0, 0.05) is 68.7 Å². The van der Waals surface area contributed by atoms with Gasteiger partial charge in [-0.25, -0.2) is 0 Å². The summed E-state index contributed by atoms with van der Waals surface area (Å²) in [5, 5.41) is 4.66. The molecule has 0 N–H and O–H groups in total. The second kappa shape index (κ2) is 28.7. The van der Waals surface area contributed by atoms with Crippen molar-refractivity contribution >= 4 is 80.9 Å². The van der Waals surface area contributed by atoms with E-state index in [0.717, 1.165) is 24.3 Å². The van der Waals surface area contributed by atoms with Gasteiger partial charge in [-0.15, -0.1) is 46.2 Å². The van der Waals surface area contributed by atoms with Gasteiger partial charge in [0.25, 0.3) is 0 Å². The lowest BCUT2D eigenvalue weighted by molar-refractivity contribution is 0.667. The average Bonchev–Trinajstić information content (AvgIpc) is 4.23. The third-order valence-corrected chi connectivity index (χ3v) is 21.6. The van der Waals surface area contributed by atoms with E-state index in [0.29, 0.717) is 0 Å². The summed E-state index contributed by atoms with van der Waals surface area (Å²) in [4.78, 5) is 5.44.